The molecule has 160 valence electrons. The van der Waals surface area contributed by atoms with Crippen LogP contribution in [0.2, 0.25) is 0 Å². The number of carbonyl (C=O) groups excluding carboxylic acids is 1. The molecule has 1 aliphatic rings. The molecule has 0 bridgehead atoms. The molecule has 2 aromatic rings. The largest absolute Gasteiger partial charge is 0.529 e. The summed E-state index contributed by atoms with van der Waals surface area (Å²) >= 11 is 0. The first-order valence-electron chi connectivity index (χ1n) is 8.16. The normalized spacial score (nSPS) is 27.6. The number of anilines is 1. The van der Waals surface area contributed by atoms with Crippen molar-refractivity contribution in [3.63, 3.8) is 0 Å². The van der Waals surface area contributed by atoms with E-state index in [0.717, 1.165) is 0 Å². The highest BCUT2D eigenvalue weighted by molar-refractivity contribution is 7.48. The number of carbonyl (C=O) groups is 1. The lowest BCUT2D eigenvalue weighted by atomic mass is 10.1. The van der Waals surface area contributed by atoms with Gasteiger partial charge in [0.05, 0.1) is 19.5 Å². The van der Waals surface area contributed by atoms with Gasteiger partial charge in [0.1, 0.15) is 36.2 Å². The number of aliphatic hydroxyl groups is 3. The van der Waals surface area contributed by atoms with Crippen molar-refractivity contribution >= 4 is 30.8 Å². The first kappa shape index (κ1) is 21.5. The van der Waals surface area contributed by atoms with Crippen LogP contribution in [0.1, 0.15) is 6.23 Å². The summed E-state index contributed by atoms with van der Waals surface area (Å²) in [6, 6.07) is -1.53. The van der Waals surface area contributed by atoms with Gasteiger partial charge in [0.15, 0.2) is 17.7 Å². The van der Waals surface area contributed by atoms with Crippen molar-refractivity contribution in [3.05, 3.63) is 12.7 Å². The molecule has 29 heavy (non-hydrogen) atoms. The number of phosphoric ester groups is 1. The average molecular weight is 434 g/mol. The molecule has 15 nitrogen and oxygen atoms in total. The lowest BCUT2D eigenvalue weighted by Crippen LogP contribution is -2.36. The quantitative estimate of drug-likeness (QED) is 0.238. The Morgan fingerprint density at radius 3 is 2.76 bits per heavy atom. The lowest BCUT2D eigenvalue weighted by Gasteiger charge is -2.18. The average Bonchev–Trinajstić information content (AvgIpc) is 3.22. The Morgan fingerprint density at radius 2 is 2.07 bits per heavy atom. The zero-order chi connectivity index (χ0) is 21.3. The lowest BCUT2D eigenvalue weighted by molar-refractivity contribution is -0.138. The minimum absolute atomic E-state index is 0.103. The molecule has 16 heteroatoms. The second kappa shape index (κ2) is 8.25. The Hall–Kier alpha value is -2.23. The first-order valence-corrected chi connectivity index (χ1v) is 9.66. The third-order valence-electron chi connectivity index (χ3n) is 4.11. The summed E-state index contributed by atoms with van der Waals surface area (Å²) in [6.45, 7) is -1.52. The molecule has 3 rings (SSSR count). The molecule has 6 atom stereocenters. The molecule has 3 heterocycles. The van der Waals surface area contributed by atoms with E-state index in [2.05, 4.69) is 24.0 Å². The van der Waals surface area contributed by atoms with Gasteiger partial charge in [0.2, 0.25) is 0 Å². The van der Waals surface area contributed by atoms with E-state index in [-0.39, 0.29) is 17.0 Å². The monoisotopic (exact) mass is 434 g/mol. The maximum atomic E-state index is 11.8. The second-order valence-corrected chi connectivity index (χ2v) is 7.47. The minimum Gasteiger partial charge on any atom is -0.394 e. The number of imidazole rings is 1. The summed E-state index contributed by atoms with van der Waals surface area (Å²) in [5.41, 5.74) is 11.4. The van der Waals surface area contributed by atoms with Crippen LogP contribution in [-0.4, -0.2) is 83.3 Å². The Morgan fingerprint density at radius 1 is 1.34 bits per heavy atom. The molecule has 0 aliphatic carbocycles. The number of rotatable bonds is 7. The van der Waals surface area contributed by atoms with Crippen molar-refractivity contribution in [2.45, 2.75) is 30.6 Å². The molecule has 0 spiro atoms. The number of fused-ring (bicyclic) bond motifs is 1. The number of hydrogen-bond acceptors (Lipinski definition) is 13. The molecule has 6 unspecified atom stereocenters. The van der Waals surface area contributed by atoms with Crippen LogP contribution in [0, 0.1) is 0 Å². The van der Waals surface area contributed by atoms with Gasteiger partial charge in [0, 0.05) is 0 Å². The maximum absolute atomic E-state index is 11.8. The molecule has 0 aromatic carbocycles. The number of nitrogen functional groups attached to an aromatic ring is 1. The predicted octanol–water partition coefficient (Wildman–Crippen LogP) is -2.99. The van der Waals surface area contributed by atoms with E-state index in [9.17, 15) is 24.5 Å². The van der Waals surface area contributed by atoms with Crippen molar-refractivity contribution in [2.75, 3.05) is 18.9 Å². The molecule has 0 radical (unpaired) electrons. The molecule has 1 saturated heterocycles. The fraction of sp³-hybridized carbons (Fsp3) is 0.538. The van der Waals surface area contributed by atoms with Gasteiger partial charge in [-0.3, -0.25) is 14.0 Å². The number of aliphatic hydroxyl groups excluding tert-OH is 3. The third-order valence-corrected chi connectivity index (χ3v) is 4.99. The van der Waals surface area contributed by atoms with Crippen molar-refractivity contribution in [1.82, 2.24) is 19.5 Å². The highest BCUT2D eigenvalue weighted by Crippen LogP contribution is 2.44. The van der Waals surface area contributed by atoms with Crippen LogP contribution in [0.4, 0.5) is 5.82 Å². The number of nitrogens with zero attached hydrogens (tertiary/aromatic N) is 4. The van der Waals surface area contributed by atoms with Crippen molar-refractivity contribution in [2.24, 2.45) is 5.73 Å². The number of ether oxygens (including phenoxy) is 1. The van der Waals surface area contributed by atoms with E-state index < -0.39 is 57.6 Å². The van der Waals surface area contributed by atoms with Crippen molar-refractivity contribution < 1.29 is 43.4 Å². The number of hydrogen-bond donors (Lipinski definition) is 6. The van der Waals surface area contributed by atoms with Crippen LogP contribution >= 0.6 is 7.82 Å². The summed E-state index contributed by atoms with van der Waals surface area (Å²) in [6.07, 6.45) is -2.97. The zero-order valence-corrected chi connectivity index (χ0v) is 15.6. The highest BCUT2D eigenvalue weighted by Gasteiger charge is 2.45. The van der Waals surface area contributed by atoms with E-state index in [4.69, 9.17) is 21.3 Å². The van der Waals surface area contributed by atoms with Crippen LogP contribution in [0.5, 0.6) is 0 Å². The van der Waals surface area contributed by atoms with E-state index >= 15 is 0 Å². The van der Waals surface area contributed by atoms with Crippen molar-refractivity contribution in [1.29, 1.82) is 0 Å². The number of phosphoric acid groups is 1. The summed E-state index contributed by atoms with van der Waals surface area (Å²) in [5.74, 6) is -1.25. The first-order chi connectivity index (χ1) is 13.6. The summed E-state index contributed by atoms with van der Waals surface area (Å²) in [4.78, 5) is 32.8. The maximum Gasteiger partial charge on any atom is 0.529 e. The molecule has 1 fully saturated rings. The Balaban J connectivity index is 1.69. The fourth-order valence-electron chi connectivity index (χ4n) is 2.60. The Bertz CT molecular complexity index is 941. The fourth-order valence-corrected chi connectivity index (χ4v) is 3.35. The Kier molecular flexibility index (Phi) is 6.11. The molecular weight excluding hydrogens is 415 g/mol. The van der Waals surface area contributed by atoms with Gasteiger partial charge in [-0.15, -0.1) is 0 Å². The second-order valence-electron chi connectivity index (χ2n) is 6.09. The molecular formula is C13H19N6O9P. The smallest absolute Gasteiger partial charge is 0.394 e. The van der Waals surface area contributed by atoms with Gasteiger partial charge >= 0.3 is 13.8 Å². The van der Waals surface area contributed by atoms with Gasteiger partial charge in [-0.1, -0.05) is 0 Å². The molecule has 2 aromatic heterocycles. The van der Waals surface area contributed by atoms with Crippen LogP contribution in [0.25, 0.3) is 11.2 Å². The number of aromatic nitrogens is 4. The topological polar surface area (TPSA) is 238 Å². The SMILES string of the molecule is Nc1ncnc2c1ncn2C1OC(COP(=O)(O)OC(=O)C(N)CO)C(O)C1O. The molecule has 0 amide bonds. The highest BCUT2D eigenvalue weighted by atomic mass is 31.2. The third kappa shape index (κ3) is 4.36. The van der Waals surface area contributed by atoms with Crippen molar-refractivity contribution in [3.8, 4) is 0 Å². The van der Waals surface area contributed by atoms with Crippen LogP contribution in [-0.2, 0) is 23.1 Å². The summed E-state index contributed by atoms with van der Waals surface area (Å²) in [7, 11) is -4.91. The summed E-state index contributed by atoms with van der Waals surface area (Å²) in [5, 5.41) is 29.2. The molecule has 1 aliphatic heterocycles. The number of nitrogens with two attached hydrogens (primary N) is 2. The minimum atomic E-state index is -4.91. The van der Waals surface area contributed by atoms with Gasteiger partial charge in [0.25, 0.3) is 0 Å². The molecule has 8 N–H and O–H groups in total. The van der Waals surface area contributed by atoms with E-state index in [1.165, 1.54) is 17.2 Å². The van der Waals surface area contributed by atoms with Gasteiger partial charge in [-0.25, -0.2) is 24.3 Å². The summed E-state index contributed by atoms with van der Waals surface area (Å²) < 4.78 is 27.5. The Labute approximate surface area is 162 Å². The standard InChI is InChI=1S/C13H19N6O9P/c14-5(1-20)13(23)28-29(24,25)26-2-6-8(21)9(22)12(27-6)19-4-18-7-10(15)16-3-17-11(7)19/h3-6,8-9,12,20-22H,1-2,14H2,(H,24,25)(H2,15,16,17). The van der Waals surface area contributed by atoms with E-state index in [0.29, 0.717) is 0 Å². The zero-order valence-electron chi connectivity index (χ0n) is 14.7. The van der Waals surface area contributed by atoms with E-state index in [1.54, 1.807) is 0 Å². The van der Waals surface area contributed by atoms with E-state index in [1.807, 2.05) is 0 Å². The van der Waals surface area contributed by atoms with Gasteiger partial charge in [-0.2, -0.15) is 0 Å². The molecule has 0 saturated carbocycles. The van der Waals surface area contributed by atoms with Crippen LogP contribution < -0.4 is 11.5 Å². The van der Waals surface area contributed by atoms with Crippen LogP contribution in [0.15, 0.2) is 12.7 Å². The van der Waals surface area contributed by atoms with Crippen LogP contribution in [0.3, 0.4) is 0 Å². The predicted molar refractivity (Wildman–Crippen MR) is 92.6 cm³/mol. The van der Waals surface area contributed by atoms with Gasteiger partial charge < -0.3 is 36.0 Å². The van der Waals surface area contributed by atoms with Gasteiger partial charge in [-0.05, 0) is 0 Å².